The second kappa shape index (κ2) is 5.72. The van der Waals surface area contributed by atoms with Crippen molar-refractivity contribution >= 4 is 29.0 Å². The van der Waals surface area contributed by atoms with Gasteiger partial charge < -0.3 is 9.84 Å². The smallest absolute Gasteiger partial charge is 0.281 e. The Morgan fingerprint density at radius 1 is 1.17 bits per heavy atom. The normalized spacial score (nSPS) is 22.1. The molecule has 0 aliphatic carbocycles. The summed E-state index contributed by atoms with van der Waals surface area (Å²) in [5, 5.41) is 10.5. The summed E-state index contributed by atoms with van der Waals surface area (Å²) < 4.78 is 18.6. The van der Waals surface area contributed by atoms with E-state index in [1.165, 1.54) is 36.1 Å². The van der Waals surface area contributed by atoms with Crippen LogP contribution in [0.2, 0.25) is 0 Å². The van der Waals surface area contributed by atoms with Crippen molar-refractivity contribution in [1.82, 2.24) is 0 Å². The van der Waals surface area contributed by atoms with Crippen LogP contribution in [0.4, 0.5) is 10.1 Å². The summed E-state index contributed by atoms with van der Waals surface area (Å²) in [6.45, 7) is 1.49. The minimum Gasteiger partial charge on any atom is -0.451 e. The number of benzene rings is 2. The molecule has 1 N–H and O–H groups in total. The molecule has 1 saturated heterocycles. The summed E-state index contributed by atoms with van der Waals surface area (Å²) in [5.74, 6) is -0.912. The zero-order chi connectivity index (χ0) is 16.6. The first-order valence-corrected chi connectivity index (χ1v) is 7.40. The Hall–Kier alpha value is -2.31. The summed E-state index contributed by atoms with van der Waals surface area (Å²) in [4.78, 5) is 14.0. The highest BCUT2D eigenvalue weighted by Crippen LogP contribution is 2.38. The fourth-order valence-corrected chi connectivity index (χ4v) is 2.88. The van der Waals surface area contributed by atoms with Crippen molar-refractivity contribution < 1.29 is 19.0 Å². The topological polar surface area (TPSA) is 49.8 Å². The molecule has 1 aliphatic rings. The minimum absolute atomic E-state index is 0.0703. The van der Waals surface area contributed by atoms with Crippen molar-refractivity contribution in [2.75, 3.05) is 4.90 Å². The van der Waals surface area contributed by atoms with Crippen molar-refractivity contribution in [2.24, 2.45) is 0 Å². The van der Waals surface area contributed by atoms with Gasteiger partial charge in [0.2, 0.25) is 5.60 Å². The molecule has 4 nitrogen and oxygen atoms in total. The molecule has 1 aliphatic heterocycles. The Morgan fingerprint density at radius 2 is 1.78 bits per heavy atom. The lowest BCUT2D eigenvalue weighted by Gasteiger charge is -2.26. The third-order valence-corrected chi connectivity index (χ3v) is 4.10. The van der Waals surface area contributed by atoms with Gasteiger partial charge in [0.1, 0.15) is 11.9 Å². The molecular formula is C17H14FNO3S. The highest BCUT2D eigenvalue weighted by molar-refractivity contribution is 7.80. The summed E-state index contributed by atoms with van der Waals surface area (Å²) in [5.41, 5.74) is -0.593. The molecule has 6 heteroatoms. The number of hydrogen-bond donors (Lipinski definition) is 1. The molecule has 2 aromatic rings. The van der Waals surface area contributed by atoms with Gasteiger partial charge in [-0.05, 0) is 49.0 Å². The number of carbonyl (C=O) groups excluding carboxylic acids is 1. The second-order valence-corrected chi connectivity index (χ2v) is 5.75. The van der Waals surface area contributed by atoms with E-state index in [1.807, 2.05) is 6.07 Å². The minimum atomic E-state index is -1.53. The van der Waals surface area contributed by atoms with Crippen LogP contribution in [-0.2, 0) is 9.53 Å². The van der Waals surface area contributed by atoms with Gasteiger partial charge in [0.15, 0.2) is 0 Å². The quantitative estimate of drug-likeness (QED) is 0.879. The number of nitrogens with zero attached hydrogens (tertiary/aromatic N) is 1. The maximum absolute atomic E-state index is 13.1. The van der Waals surface area contributed by atoms with Crippen LogP contribution in [0.5, 0.6) is 0 Å². The van der Waals surface area contributed by atoms with E-state index in [1.54, 1.807) is 24.3 Å². The van der Waals surface area contributed by atoms with Crippen molar-refractivity contribution in [3.63, 3.8) is 0 Å². The van der Waals surface area contributed by atoms with E-state index in [2.05, 4.69) is 0 Å². The molecule has 0 bridgehead atoms. The molecule has 2 atom stereocenters. The van der Waals surface area contributed by atoms with Crippen LogP contribution in [0, 0.1) is 5.82 Å². The molecule has 3 rings (SSSR count). The van der Waals surface area contributed by atoms with Gasteiger partial charge in [0.05, 0.1) is 5.69 Å². The van der Waals surface area contributed by atoms with Crippen LogP contribution in [0.15, 0.2) is 54.6 Å². The van der Waals surface area contributed by atoms with E-state index in [0.717, 1.165) is 0 Å². The Bertz CT molecular complexity index is 750. The molecule has 0 unspecified atom stereocenters. The number of anilines is 1. The number of aliphatic hydroxyl groups excluding tert-OH is 1. The number of thiocarbonyl (C=S) groups is 1. The zero-order valence-electron chi connectivity index (χ0n) is 12.3. The average Bonchev–Trinajstić information content (AvgIpc) is 2.79. The maximum atomic E-state index is 13.1. The highest BCUT2D eigenvalue weighted by atomic mass is 32.1. The van der Waals surface area contributed by atoms with Crippen LogP contribution in [-0.4, -0.2) is 21.8 Å². The first-order valence-electron chi connectivity index (χ1n) is 6.99. The van der Waals surface area contributed by atoms with Gasteiger partial charge in [-0.25, -0.2) is 9.29 Å². The van der Waals surface area contributed by atoms with Gasteiger partial charge in [-0.1, -0.05) is 30.3 Å². The number of rotatable bonds is 3. The zero-order valence-corrected chi connectivity index (χ0v) is 13.1. The lowest BCUT2D eigenvalue weighted by atomic mass is 9.92. The van der Waals surface area contributed by atoms with Gasteiger partial charge in [0, 0.05) is 0 Å². The number of ether oxygens (including phenoxy) is 1. The van der Waals surface area contributed by atoms with Gasteiger partial charge in [0.25, 0.3) is 11.1 Å². The first kappa shape index (κ1) is 15.6. The third kappa shape index (κ3) is 2.60. The number of aliphatic hydroxyl groups is 1. The largest absolute Gasteiger partial charge is 0.451 e. The van der Waals surface area contributed by atoms with Gasteiger partial charge in [-0.2, -0.15) is 0 Å². The van der Waals surface area contributed by atoms with E-state index < -0.39 is 23.4 Å². The average molecular weight is 331 g/mol. The van der Waals surface area contributed by atoms with Gasteiger partial charge in [-0.3, -0.25) is 4.79 Å². The van der Waals surface area contributed by atoms with Crippen molar-refractivity contribution in [1.29, 1.82) is 0 Å². The molecular weight excluding hydrogens is 317 g/mol. The SMILES string of the molecule is C[C@]1([C@H](O)c2ccccc2)OC(=S)N(c2ccc(F)cc2)C1=O. The second-order valence-electron chi connectivity index (χ2n) is 5.41. The van der Waals surface area contributed by atoms with E-state index in [9.17, 15) is 14.3 Å². The maximum Gasteiger partial charge on any atom is 0.281 e. The fraction of sp³-hybridized carbons (Fsp3) is 0.176. The van der Waals surface area contributed by atoms with Crippen molar-refractivity contribution in [3.05, 3.63) is 66.0 Å². The lowest BCUT2D eigenvalue weighted by molar-refractivity contribution is -0.137. The van der Waals surface area contributed by atoms with E-state index in [-0.39, 0.29) is 5.17 Å². The van der Waals surface area contributed by atoms with E-state index in [4.69, 9.17) is 17.0 Å². The fourth-order valence-electron chi connectivity index (χ4n) is 2.51. The lowest BCUT2D eigenvalue weighted by Crippen LogP contribution is -2.43. The molecule has 2 aromatic carbocycles. The Morgan fingerprint density at radius 3 is 2.39 bits per heavy atom. The van der Waals surface area contributed by atoms with Crippen LogP contribution >= 0.6 is 12.2 Å². The monoisotopic (exact) mass is 331 g/mol. The van der Waals surface area contributed by atoms with Crippen molar-refractivity contribution in [2.45, 2.75) is 18.6 Å². The van der Waals surface area contributed by atoms with Crippen molar-refractivity contribution in [3.8, 4) is 0 Å². The molecule has 1 fully saturated rings. The predicted octanol–water partition coefficient (Wildman–Crippen LogP) is 2.97. The Balaban J connectivity index is 1.95. The predicted molar refractivity (Wildman–Crippen MR) is 87.4 cm³/mol. The summed E-state index contributed by atoms with van der Waals surface area (Å²) in [6, 6.07) is 14.1. The van der Waals surface area contributed by atoms with E-state index >= 15 is 0 Å². The van der Waals surface area contributed by atoms with Crippen LogP contribution in [0.25, 0.3) is 0 Å². The van der Waals surface area contributed by atoms with Gasteiger partial charge in [-0.15, -0.1) is 0 Å². The van der Waals surface area contributed by atoms with E-state index in [0.29, 0.717) is 11.3 Å². The standard InChI is InChI=1S/C17H14FNO3S/c1-17(14(20)11-5-3-2-4-6-11)15(21)19(16(23)22-17)13-9-7-12(18)8-10-13/h2-10,14,20H,1H3/t14-,17-/m1/s1. The molecule has 1 heterocycles. The third-order valence-electron chi connectivity index (χ3n) is 3.83. The number of amides is 1. The summed E-state index contributed by atoms with van der Waals surface area (Å²) in [7, 11) is 0. The number of carbonyl (C=O) groups is 1. The van der Waals surface area contributed by atoms with Crippen LogP contribution < -0.4 is 4.90 Å². The molecule has 0 aromatic heterocycles. The highest BCUT2D eigenvalue weighted by Gasteiger charge is 2.54. The Kier molecular flexibility index (Phi) is 3.87. The Labute approximate surface area is 138 Å². The van der Waals surface area contributed by atoms with Gasteiger partial charge >= 0.3 is 0 Å². The molecule has 0 saturated carbocycles. The molecule has 0 radical (unpaired) electrons. The molecule has 118 valence electrons. The van der Waals surface area contributed by atoms with Crippen LogP contribution in [0.3, 0.4) is 0 Å². The number of halogens is 1. The molecule has 23 heavy (non-hydrogen) atoms. The summed E-state index contributed by atoms with van der Waals surface area (Å²) >= 11 is 5.13. The molecule has 0 spiro atoms. The summed E-state index contributed by atoms with van der Waals surface area (Å²) in [6.07, 6.45) is -1.18. The molecule has 1 amide bonds. The number of hydrogen-bond acceptors (Lipinski definition) is 4. The van der Waals surface area contributed by atoms with Crippen LogP contribution in [0.1, 0.15) is 18.6 Å². The first-order chi connectivity index (χ1) is 10.9.